The van der Waals surface area contributed by atoms with Gasteiger partial charge in [-0.15, -0.1) is 0 Å². The first-order valence-electron chi connectivity index (χ1n) is 9.69. The van der Waals surface area contributed by atoms with Crippen molar-refractivity contribution in [2.45, 2.75) is 52.4 Å². The number of ketones is 1. The molecule has 0 amide bonds. The van der Waals surface area contributed by atoms with Crippen molar-refractivity contribution < 1.29 is 19.4 Å². The average Bonchev–Trinajstić information content (AvgIpc) is 3.21. The van der Waals surface area contributed by atoms with Gasteiger partial charge in [-0.3, -0.25) is 14.2 Å². The predicted molar refractivity (Wildman–Crippen MR) is 111 cm³/mol. The molecule has 2 heterocycles. The van der Waals surface area contributed by atoms with Crippen molar-refractivity contribution in [3.05, 3.63) is 55.8 Å². The first kappa shape index (κ1) is 21.9. The van der Waals surface area contributed by atoms with Crippen LogP contribution in [0.5, 0.6) is 11.6 Å². The fourth-order valence-corrected chi connectivity index (χ4v) is 3.68. The fraction of sp³-hybridized carbons (Fsp3) is 0.409. The standard InChI is InChI=1S/C22H23ClN2O5/c1-12-9-15(6-7-18(12)23)30-14(3)20(26)19-13(2)17(10-24)21(27)25(22(19)28)11-16-5-4-8-29-16/h6-7,9,14,16,28H,4-5,8,11H2,1-3H3. The highest BCUT2D eigenvalue weighted by Gasteiger charge is 2.29. The summed E-state index contributed by atoms with van der Waals surface area (Å²) in [5.74, 6) is -0.557. The number of Topliss-reactive ketones (excluding diaryl/α,β-unsaturated/α-hetero) is 1. The van der Waals surface area contributed by atoms with Crippen molar-refractivity contribution in [1.29, 1.82) is 5.26 Å². The summed E-state index contributed by atoms with van der Waals surface area (Å²) in [6, 6.07) is 6.88. The normalized spacial score (nSPS) is 16.8. The number of carbonyl (C=O) groups excluding carboxylic acids is 1. The quantitative estimate of drug-likeness (QED) is 0.703. The average molecular weight is 431 g/mol. The zero-order valence-electron chi connectivity index (χ0n) is 17.1. The molecule has 1 aliphatic rings. The molecule has 2 atom stereocenters. The van der Waals surface area contributed by atoms with Crippen LogP contribution in [0, 0.1) is 25.2 Å². The Bertz CT molecular complexity index is 1080. The maximum absolute atomic E-state index is 13.1. The van der Waals surface area contributed by atoms with Gasteiger partial charge in [-0.25, -0.2) is 0 Å². The minimum atomic E-state index is -0.963. The number of hydrogen-bond donors (Lipinski definition) is 1. The summed E-state index contributed by atoms with van der Waals surface area (Å²) in [6.45, 7) is 5.49. The van der Waals surface area contributed by atoms with Crippen molar-refractivity contribution in [1.82, 2.24) is 4.57 Å². The Morgan fingerprint density at radius 1 is 1.47 bits per heavy atom. The van der Waals surface area contributed by atoms with E-state index in [1.807, 2.05) is 13.0 Å². The van der Waals surface area contributed by atoms with Crippen LogP contribution in [0.4, 0.5) is 0 Å². The van der Waals surface area contributed by atoms with E-state index in [0.717, 1.165) is 23.0 Å². The van der Waals surface area contributed by atoms with E-state index < -0.39 is 23.3 Å². The smallest absolute Gasteiger partial charge is 0.271 e. The SMILES string of the molecule is Cc1cc(OC(C)C(=O)c2c(C)c(C#N)c(=O)n(CC3CCCO3)c2O)ccc1Cl. The number of rotatable bonds is 6. The van der Waals surface area contributed by atoms with E-state index in [1.165, 1.54) is 6.92 Å². The van der Waals surface area contributed by atoms with Gasteiger partial charge >= 0.3 is 0 Å². The molecule has 1 N–H and O–H groups in total. The number of hydrogen-bond acceptors (Lipinski definition) is 6. The van der Waals surface area contributed by atoms with Gasteiger partial charge in [-0.05, 0) is 62.9 Å². The molecular formula is C22H23ClN2O5. The number of ether oxygens (including phenoxy) is 2. The van der Waals surface area contributed by atoms with E-state index >= 15 is 0 Å². The van der Waals surface area contributed by atoms with Crippen LogP contribution in [0.1, 0.15) is 46.8 Å². The lowest BCUT2D eigenvalue weighted by atomic mass is 9.99. The Labute approximate surface area is 179 Å². The second kappa shape index (κ2) is 8.90. The van der Waals surface area contributed by atoms with Gasteiger partial charge < -0.3 is 14.6 Å². The maximum Gasteiger partial charge on any atom is 0.271 e. The fourth-order valence-electron chi connectivity index (χ4n) is 3.56. The van der Waals surface area contributed by atoms with Gasteiger partial charge in [0.1, 0.15) is 17.4 Å². The highest BCUT2D eigenvalue weighted by molar-refractivity contribution is 6.31. The molecular weight excluding hydrogens is 408 g/mol. The summed E-state index contributed by atoms with van der Waals surface area (Å²) in [4.78, 5) is 25.8. The van der Waals surface area contributed by atoms with Crippen LogP contribution >= 0.6 is 11.6 Å². The van der Waals surface area contributed by atoms with Crippen molar-refractivity contribution in [3.63, 3.8) is 0 Å². The molecule has 1 saturated heterocycles. The highest BCUT2D eigenvalue weighted by atomic mass is 35.5. The molecule has 1 aliphatic heterocycles. The Kier molecular flexibility index (Phi) is 6.49. The first-order valence-corrected chi connectivity index (χ1v) is 10.1. The molecule has 1 fully saturated rings. The summed E-state index contributed by atoms with van der Waals surface area (Å²) in [5, 5.41) is 20.9. The number of carbonyl (C=O) groups is 1. The molecule has 1 aromatic carbocycles. The molecule has 8 heteroatoms. The second-order valence-corrected chi connectivity index (χ2v) is 7.80. The summed E-state index contributed by atoms with van der Waals surface area (Å²) in [5.41, 5.74) is 0.0218. The van der Waals surface area contributed by atoms with E-state index in [1.54, 1.807) is 25.1 Å². The zero-order chi connectivity index (χ0) is 22.0. The molecule has 0 radical (unpaired) electrons. The molecule has 158 valence electrons. The number of aryl methyl sites for hydroxylation is 1. The van der Waals surface area contributed by atoms with Crippen molar-refractivity contribution in [2.24, 2.45) is 0 Å². The van der Waals surface area contributed by atoms with Crippen LogP contribution in [-0.2, 0) is 11.3 Å². The number of benzene rings is 1. The third-order valence-corrected chi connectivity index (χ3v) is 5.69. The summed E-state index contributed by atoms with van der Waals surface area (Å²) < 4.78 is 12.3. The molecule has 7 nitrogen and oxygen atoms in total. The van der Waals surface area contributed by atoms with Gasteiger partial charge in [-0.1, -0.05) is 11.6 Å². The van der Waals surface area contributed by atoms with Gasteiger partial charge in [0.25, 0.3) is 5.56 Å². The lowest BCUT2D eigenvalue weighted by molar-refractivity contribution is 0.0805. The second-order valence-electron chi connectivity index (χ2n) is 7.40. The lowest BCUT2D eigenvalue weighted by Gasteiger charge is -2.20. The number of aromatic nitrogens is 1. The van der Waals surface area contributed by atoms with Gasteiger partial charge in [0.2, 0.25) is 11.7 Å². The monoisotopic (exact) mass is 430 g/mol. The first-order chi connectivity index (χ1) is 14.2. The highest BCUT2D eigenvalue weighted by Crippen LogP contribution is 2.27. The number of aromatic hydroxyl groups is 1. The number of nitriles is 1. The summed E-state index contributed by atoms with van der Waals surface area (Å²) in [7, 11) is 0. The van der Waals surface area contributed by atoms with Crippen LogP contribution in [0.25, 0.3) is 0 Å². The van der Waals surface area contributed by atoms with Gasteiger partial charge in [0.05, 0.1) is 18.2 Å². The van der Waals surface area contributed by atoms with Crippen molar-refractivity contribution >= 4 is 17.4 Å². The molecule has 2 unspecified atom stereocenters. The topological polar surface area (TPSA) is 102 Å². The summed E-state index contributed by atoms with van der Waals surface area (Å²) in [6.07, 6.45) is 0.376. The van der Waals surface area contributed by atoms with Crippen molar-refractivity contribution in [2.75, 3.05) is 6.61 Å². The molecule has 0 aliphatic carbocycles. The van der Waals surface area contributed by atoms with Crippen LogP contribution < -0.4 is 10.3 Å². The third-order valence-electron chi connectivity index (χ3n) is 5.27. The van der Waals surface area contributed by atoms with Crippen molar-refractivity contribution in [3.8, 4) is 17.7 Å². The lowest BCUT2D eigenvalue weighted by Crippen LogP contribution is -2.33. The number of nitrogens with zero attached hydrogens (tertiary/aromatic N) is 2. The largest absolute Gasteiger partial charge is 0.494 e. The Morgan fingerprint density at radius 3 is 2.80 bits per heavy atom. The third kappa shape index (κ3) is 4.20. The Balaban J connectivity index is 1.98. The Hall–Kier alpha value is -2.82. The molecule has 2 aromatic rings. The van der Waals surface area contributed by atoms with E-state index in [4.69, 9.17) is 21.1 Å². The van der Waals surface area contributed by atoms with E-state index in [2.05, 4.69) is 0 Å². The summed E-state index contributed by atoms with van der Waals surface area (Å²) >= 11 is 6.02. The minimum absolute atomic E-state index is 0.0749. The van der Waals surface area contributed by atoms with Gasteiger partial charge in [0, 0.05) is 11.6 Å². The minimum Gasteiger partial charge on any atom is -0.494 e. The number of halogens is 1. The molecule has 0 spiro atoms. The number of pyridine rings is 1. The van der Waals surface area contributed by atoms with Gasteiger partial charge in [0.15, 0.2) is 6.10 Å². The van der Waals surface area contributed by atoms with Crippen LogP contribution in [0.3, 0.4) is 0 Å². The van der Waals surface area contributed by atoms with Gasteiger partial charge in [-0.2, -0.15) is 5.26 Å². The maximum atomic E-state index is 13.1. The molecule has 0 bridgehead atoms. The van der Waals surface area contributed by atoms with Crippen LogP contribution in [0.2, 0.25) is 5.02 Å². The zero-order valence-corrected chi connectivity index (χ0v) is 17.8. The van der Waals surface area contributed by atoms with E-state index in [0.29, 0.717) is 17.4 Å². The molecule has 30 heavy (non-hydrogen) atoms. The Morgan fingerprint density at radius 2 is 2.20 bits per heavy atom. The van der Waals surface area contributed by atoms with Crippen LogP contribution in [0.15, 0.2) is 23.0 Å². The predicted octanol–water partition coefficient (Wildman–Crippen LogP) is 3.53. The molecule has 3 rings (SSSR count). The van der Waals surface area contributed by atoms with Crippen LogP contribution in [-0.4, -0.2) is 34.3 Å². The van der Waals surface area contributed by atoms with E-state index in [9.17, 15) is 20.0 Å². The van der Waals surface area contributed by atoms with E-state index in [-0.39, 0.29) is 29.3 Å². The molecule has 0 saturated carbocycles. The molecule has 1 aromatic heterocycles.